The van der Waals surface area contributed by atoms with Crippen LogP contribution in [0.5, 0.6) is 0 Å². The summed E-state index contributed by atoms with van der Waals surface area (Å²) in [5.41, 5.74) is 2.90. The third-order valence-electron chi connectivity index (χ3n) is 3.96. The van der Waals surface area contributed by atoms with Crippen molar-refractivity contribution < 1.29 is 4.79 Å². The minimum absolute atomic E-state index is 0.110. The largest absolute Gasteiger partial charge is 0.291 e. The Hall–Kier alpha value is -3.24. The first kappa shape index (κ1) is 19.1. The lowest BCUT2D eigenvalue weighted by molar-refractivity contribution is -0.113. The van der Waals surface area contributed by atoms with Gasteiger partial charge >= 0.3 is 0 Å². The first-order valence-corrected chi connectivity index (χ1v) is 9.91. The molecule has 146 valence electrons. The molecule has 9 nitrogen and oxygen atoms in total. The van der Waals surface area contributed by atoms with Gasteiger partial charge in [-0.3, -0.25) is 14.7 Å². The number of aromatic amines is 1. The van der Waals surface area contributed by atoms with Crippen LogP contribution in [0.2, 0.25) is 5.02 Å². The molecule has 1 amide bonds. The molecule has 0 bridgehead atoms. The van der Waals surface area contributed by atoms with E-state index in [0.29, 0.717) is 16.0 Å². The maximum absolute atomic E-state index is 12.2. The van der Waals surface area contributed by atoms with Gasteiger partial charge in [-0.05, 0) is 48.5 Å². The van der Waals surface area contributed by atoms with Crippen LogP contribution in [0.1, 0.15) is 5.56 Å². The molecule has 2 heterocycles. The van der Waals surface area contributed by atoms with Crippen LogP contribution >= 0.6 is 23.4 Å². The molecule has 0 radical (unpaired) electrons. The number of hydrogen-bond donors (Lipinski definition) is 2. The fourth-order valence-corrected chi connectivity index (χ4v) is 3.46. The average Bonchev–Trinajstić information content (AvgIpc) is 3.37. The minimum atomic E-state index is -0.275. The van der Waals surface area contributed by atoms with Gasteiger partial charge in [-0.15, -0.1) is 15.3 Å². The fraction of sp³-hybridized carbons (Fsp3) is 0.111. The number of hydrogen-bond acceptors (Lipinski definition) is 7. The normalized spacial score (nSPS) is 10.8. The van der Waals surface area contributed by atoms with E-state index < -0.39 is 0 Å². The molecule has 0 fully saturated rings. The molecule has 0 unspecified atom stereocenters. The van der Waals surface area contributed by atoms with E-state index in [9.17, 15) is 4.79 Å². The van der Waals surface area contributed by atoms with Crippen molar-refractivity contribution >= 4 is 35.2 Å². The van der Waals surface area contributed by atoms with E-state index in [1.54, 1.807) is 12.1 Å². The SMILES string of the molecule is Cc1ccc(-n2c(SCC(=O)Nc3nn[nH]n3)nnc2-c2ccc(Cl)cc2)cc1. The highest BCUT2D eigenvalue weighted by Gasteiger charge is 2.17. The van der Waals surface area contributed by atoms with Crippen molar-refractivity contribution in [3.8, 4) is 17.1 Å². The van der Waals surface area contributed by atoms with E-state index in [1.807, 2.05) is 47.9 Å². The molecule has 11 heteroatoms. The summed E-state index contributed by atoms with van der Waals surface area (Å²) in [6.07, 6.45) is 0. The standard InChI is InChI=1S/C18H15ClN8OS/c1-11-2-8-14(9-3-11)27-16(12-4-6-13(19)7-5-12)21-24-18(27)29-10-15(28)20-17-22-25-26-23-17/h2-9H,10H2,1H3,(H2,20,22,23,25,26,28). The molecular weight excluding hydrogens is 412 g/mol. The lowest BCUT2D eigenvalue weighted by Crippen LogP contribution is -2.15. The van der Waals surface area contributed by atoms with E-state index in [2.05, 4.69) is 36.1 Å². The molecule has 29 heavy (non-hydrogen) atoms. The first-order valence-electron chi connectivity index (χ1n) is 8.54. The van der Waals surface area contributed by atoms with Gasteiger partial charge in [0, 0.05) is 16.3 Å². The molecule has 4 aromatic rings. The second-order valence-electron chi connectivity index (χ2n) is 6.06. The van der Waals surface area contributed by atoms with Crippen LogP contribution in [-0.4, -0.2) is 47.0 Å². The number of nitrogens with one attached hydrogen (secondary N) is 2. The number of aryl methyl sites for hydroxylation is 1. The van der Waals surface area contributed by atoms with Crippen LogP contribution in [0.25, 0.3) is 17.1 Å². The highest BCUT2D eigenvalue weighted by atomic mass is 35.5. The van der Waals surface area contributed by atoms with Gasteiger partial charge in [-0.2, -0.15) is 5.21 Å². The van der Waals surface area contributed by atoms with Crippen LogP contribution in [-0.2, 0) is 4.79 Å². The highest BCUT2D eigenvalue weighted by molar-refractivity contribution is 7.99. The second-order valence-corrected chi connectivity index (χ2v) is 7.44. The zero-order valence-electron chi connectivity index (χ0n) is 15.2. The Morgan fingerprint density at radius 3 is 2.55 bits per heavy atom. The smallest absolute Gasteiger partial charge is 0.269 e. The number of thioether (sulfide) groups is 1. The summed E-state index contributed by atoms with van der Waals surface area (Å²) in [5.74, 6) is 0.617. The van der Waals surface area contributed by atoms with Gasteiger partial charge in [0.05, 0.1) is 5.75 Å². The van der Waals surface area contributed by atoms with Gasteiger partial charge in [0.2, 0.25) is 5.91 Å². The number of amides is 1. The number of rotatable bonds is 6. The first-order chi connectivity index (χ1) is 14.1. The Labute approximate surface area is 174 Å². The van der Waals surface area contributed by atoms with Gasteiger partial charge in [-0.25, -0.2) is 0 Å². The minimum Gasteiger partial charge on any atom is -0.291 e. The summed E-state index contributed by atoms with van der Waals surface area (Å²) in [6, 6.07) is 15.4. The third kappa shape index (κ3) is 4.44. The van der Waals surface area contributed by atoms with Gasteiger partial charge in [0.1, 0.15) is 0 Å². The van der Waals surface area contributed by atoms with Crippen molar-refractivity contribution in [2.75, 3.05) is 11.1 Å². The molecule has 0 aliphatic carbocycles. The predicted octanol–water partition coefficient (Wildman–Crippen LogP) is 3.14. The van der Waals surface area contributed by atoms with Crippen molar-refractivity contribution in [2.45, 2.75) is 12.1 Å². The van der Waals surface area contributed by atoms with Crippen molar-refractivity contribution in [1.82, 2.24) is 35.4 Å². The Bertz CT molecular complexity index is 1110. The topological polar surface area (TPSA) is 114 Å². The Kier molecular flexibility index (Phi) is 5.54. The van der Waals surface area contributed by atoms with Crippen LogP contribution in [0, 0.1) is 6.92 Å². The zero-order chi connectivity index (χ0) is 20.2. The lowest BCUT2D eigenvalue weighted by Gasteiger charge is -2.11. The number of carbonyl (C=O) groups is 1. The van der Waals surface area contributed by atoms with Gasteiger partial charge in [0.15, 0.2) is 11.0 Å². The van der Waals surface area contributed by atoms with E-state index in [1.165, 1.54) is 11.8 Å². The van der Waals surface area contributed by atoms with Crippen LogP contribution in [0.3, 0.4) is 0 Å². The van der Waals surface area contributed by atoms with Crippen molar-refractivity contribution in [2.24, 2.45) is 0 Å². The number of aromatic nitrogens is 7. The molecule has 0 atom stereocenters. The molecular formula is C18H15ClN8OS. The van der Waals surface area contributed by atoms with E-state index in [4.69, 9.17) is 11.6 Å². The molecule has 0 saturated carbocycles. The number of anilines is 1. The maximum atomic E-state index is 12.2. The molecule has 2 N–H and O–H groups in total. The molecule has 4 rings (SSSR count). The third-order valence-corrected chi connectivity index (χ3v) is 5.14. The quantitative estimate of drug-likeness (QED) is 0.455. The molecule has 0 saturated heterocycles. The van der Waals surface area contributed by atoms with Crippen LogP contribution < -0.4 is 5.32 Å². The fourth-order valence-electron chi connectivity index (χ4n) is 2.58. The molecule has 0 aliphatic heterocycles. The number of tetrazole rings is 1. The molecule has 2 aromatic carbocycles. The van der Waals surface area contributed by atoms with E-state index >= 15 is 0 Å². The molecule has 2 aromatic heterocycles. The summed E-state index contributed by atoms with van der Waals surface area (Å²) in [5, 5.41) is 25.5. The summed E-state index contributed by atoms with van der Waals surface area (Å²) in [7, 11) is 0. The van der Waals surface area contributed by atoms with Crippen LogP contribution in [0.15, 0.2) is 53.7 Å². The Morgan fingerprint density at radius 2 is 1.86 bits per heavy atom. The van der Waals surface area contributed by atoms with Crippen molar-refractivity contribution in [3.05, 3.63) is 59.1 Å². The number of H-pyrrole nitrogens is 1. The van der Waals surface area contributed by atoms with Gasteiger partial charge in [0.25, 0.3) is 5.95 Å². The summed E-state index contributed by atoms with van der Waals surface area (Å²) < 4.78 is 1.91. The summed E-state index contributed by atoms with van der Waals surface area (Å²) >= 11 is 7.27. The van der Waals surface area contributed by atoms with Crippen molar-refractivity contribution in [3.63, 3.8) is 0 Å². The lowest BCUT2D eigenvalue weighted by atomic mass is 10.2. The van der Waals surface area contributed by atoms with Gasteiger partial charge in [-0.1, -0.05) is 46.2 Å². The number of benzene rings is 2. The predicted molar refractivity (Wildman–Crippen MR) is 110 cm³/mol. The number of halogens is 1. The van der Waals surface area contributed by atoms with E-state index in [0.717, 1.165) is 16.8 Å². The highest BCUT2D eigenvalue weighted by Crippen LogP contribution is 2.29. The Morgan fingerprint density at radius 1 is 1.10 bits per heavy atom. The number of nitrogens with zero attached hydrogens (tertiary/aromatic N) is 6. The van der Waals surface area contributed by atoms with Crippen LogP contribution in [0.4, 0.5) is 5.95 Å². The molecule has 0 aliphatic rings. The van der Waals surface area contributed by atoms with E-state index in [-0.39, 0.29) is 17.6 Å². The monoisotopic (exact) mass is 426 g/mol. The van der Waals surface area contributed by atoms with Gasteiger partial charge < -0.3 is 0 Å². The Balaban J connectivity index is 1.63. The van der Waals surface area contributed by atoms with Crippen molar-refractivity contribution in [1.29, 1.82) is 0 Å². The average molecular weight is 427 g/mol. The second kappa shape index (κ2) is 8.41. The summed E-state index contributed by atoms with van der Waals surface area (Å²) in [6.45, 7) is 2.02. The maximum Gasteiger partial charge on any atom is 0.269 e. The molecule has 0 spiro atoms. The number of carbonyl (C=O) groups excluding carboxylic acids is 1. The summed E-state index contributed by atoms with van der Waals surface area (Å²) in [4.78, 5) is 12.2. The zero-order valence-corrected chi connectivity index (χ0v) is 16.8.